The van der Waals surface area contributed by atoms with Crippen molar-refractivity contribution >= 4 is 0 Å². The molecule has 0 radical (unpaired) electrons. The van der Waals surface area contributed by atoms with Crippen LogP contribution in [0.3, 0.4) is 0 Å². The quantitative estimate of drug-likeness (QED) is 0.702. The molecular weight excluding hydrogens is 186 g/mol. The SMILES string of the molecule is CCCNC(CCC1CCCO1)C(C)C. The van der Waals surface area contributed by atoms with Gasteiger partial charge in [-0.2, -0.15) is 0 Å². The maximum atomic E-state index is 5.66. The molecule has 2 heteroatoms. The van der Waals surface area contributed by atoms with Gasteiger partial charge in [0.2, 0.25) is 0 Å². The van der Waals surface area contributed by atoms with E-state index in [0.717, 1.165) is 19.1 Å². The van der Waals surface area contributed by atoms with Crippen molar-refractivity contribution in [2.75, 3.05) is 13.2 Å². The topological polar surface area (TPSA) is 21.3 Å². The van der Waals surface area contributed by atoms with Crippen LogP contribution in [0.5, 0.6) is 0 Å². The molecular formula is C13H27NO. The number of ether oxygens (including phenoxy) is 1. The molecule has 0 aromatic rings. The Kier molecular flexibility index (Phi) is 6.26. The average molecular weight is 213 g/mol. The molecule has 0 aromatic carbocycles. The summed E-state index contributed by atoms with van der Waals surface area (Å²) in [5.74, 6) is 0.734. The highest BCUT2D eigenvalue weighted by Crippen LogP contribution is 2.19. The van der Waals surface area contributed by atoms with Crippen LogP contribution in [0.2, 0.25) is 0 Å². The molecule has 1 saturated heterocycles. The molecule has 90 valence electrons. The van der Waals surface area contributed by atoms with Crippen LogP contribution in [0.1, 0.15) is 52.9 Å². The van der Waals surface area contributed by atoms with Gasteiger partial charge in [0.1, 0.15) is 0 Å². The summed E-state index contributed by atoms with van der Waals surface area (Å²) in [6.45, 7) is 8.98. The Balaban J connectivity index is 2.17. The van der Waals surface area contributed by atoms with Crippen molar-refractivity contribution in [3.8, 4) is 0 Å². The first-order chi connectivity index (χ1) is 7.24. The van der Waals surface area contributed by atoms with Gasteiger partial charge in [-0.1, -0.05) is 20.8 Å². The van der Waals surface area contributed by atoms with Crippen LogP contribution in [-0.2, 0) is 4.74 Å². The number of nitrogens with one attached hydrogen (secondary N) is 1. The van der Waals surface area contributed by atoms with Gasteiger partial charge in [-0.05, 0) is 44.6 Å². The van der Waals surface area contributed by atoms with Crippen molar-refractivity contribution < 1.29 is 4.74 Å². The smallest absolute Gasteiger partial charge is 0.0576 e. The first-order valence-corrected chi connectivity index (χ1v) is 6.59. The summed E-state index contributed by atoms with van der Waals surface area (Å²) in [5, 5.41) is 3.64. The predicted molar refractivity (Wildman–Crippen MR) is 65.1 cm³/mol. The number of rotatable bonds is 7. The molecule has 0 aliphatic carbocycles. The van der Waals surface area contributed by atoms with Crippen molar-refractivity contribution in [1.29, 1.82) is 0 Å². The van der Waals surface area contributed by atoms with Crippen molar-refractivity contribution in [3.63, 3.8) is 0 Å². The molecule has 2 unspecified atom stereocenters. The Hall–Kier alpha value is -0.0800. The maximum absolute atomic E-state index is 5.66. The van der Waals surface area contributed by atoms with E-state index in [1.165, 1.54) is 32.1 Å². The van der Waals surface area contributed by atoms with Gasteiger partial charge < -0.3 is 10.1 Å². The molecule has 1 aliphatic heterocycles. The largest absolute Gasteiger partial charge is 0.378 e. The summed E-state index contributed by atoms with van der Waals surface area (Å²) in [6.07, 6.45) is 6.82. The molecule has 1 fully saturated rings. The molecule has 2 atom stereocenters. The maximum Gasteiger partial charge on any atom is 0.0576 e. The monoisotopic (exact) mass is 213 g/mol. The predicted octanol–water partition coefficient (Wildman–Crippen LogP) is 2.97. The minimum absolute atomic E-state index is 0.551. The van der Waals surface area contributed by atoms with Gasteiger partial charge >= 0.3 is 0 Å². The second kappa shape index (κ2) is 7.24. The fourth-order valence-electron chi connectivity index (χ4n) is 2.24. The lowest BCUT2D eigenvalue weighted by Gasteiger charge is -2.23. The highest BCUT2D eigenvalue weighted by atomic mass is 16.5. The highest BCUT2D eigenvalue weighted by Gasteiger charge is 2.19. The molecule has 0 spiro atoms. The van der Waals surface area contributed by atoms with E-state index in [2.05, 4.69) is 26.1 Å². The van der Waals surface area contributed by atoms with Gasteiger partial charge in [0.25, 0.3) is 0 Å². The average Bonchev–Trinajstić information content (AvgIpc) is 2.70. The van der Waals surface area contributed by atoms with E-state index < -0.39 is 0 Å². The van der Waals surface area contributed by atoms with Crippen LogP contribution in [0, 0.1) is 5.92 Å². The highest BCUT2D eigenvalue weighted by molar-refractivity contribution is 4.74. The zero-order valence-corrected chi connectivity index (χ0v) is 10.6. The minimum Gasteiger partial charge on any atom is -0.378 e. The lowest BCUT2D eigenvalue weighted by Crippen LogP contribution is -2.35. The van der Waals surface area contributed by atoms with Crippen LogP contribution in [-0.4, -0.2) is 25.3 Å². The normalized spacial score (nSPS) is 23.6. The number of hydrogen-bond acceptors (Lipinski definition) is 2. The third-order valence-corrected chi connectivity index (χ3v) is 3.28. The van der Waals surface area contributed by atoms with Crippen molar-refractivity contribution in [2.24, 2.45) is 5.92 Å². The van der Waals surface area contributed by atoms with Crippen LogP contribution in [0.4, 0.5) is 0 Å². The summed E-state index contributed by atoms with van der Waals surface area (Å²) in [6, 6.07) is 0.675. The van der Waals surface area contributed by atoms with Gasteiger partial charge in [0, 0.05) is 12.6 Å². The molecule has 1 rings (SSSR count). The van der Waals surface area contributed by atoms with E-state index in [9.17, 15) is 0 Å². The third-order valence-electron chi connectivity index (χ3n) is 3.28. The van der Waals surface area contributed by atoms with Crippen LogP contribution < -0.4 is 5.32 Å². The second-order valence-electron chi connectivity index (χ2n) is 5.02. The van der Waals surface area contributed by atoms with E-state index in [-0.39, 0.29) is 0 Å². The van der Waals surface area contributed by atoms with Crippen LogP contribution >= 0.6 is 0 Å². The molecule has 15 heavy (non-hydrogen) atoms. The summed E-state index contributed by atoms with van der Waals surface area (Å²) in [4.78, 5) is 0. The van der Waals surface area contributed by atoms with E-state index in [4.69, 9.17) is 4.74 Å². The van der Waals surface area contributed by atoms with Gasteiger partial charge in [0.05, 0.1) is 6.10 Å². The molecule has 0 saturated carbocycles. The number of hydrogen-bond donors (Lipinski definition) is 1. The van der Waals surface area contributed by atoms with E-state index in [0.29, 0.717) is 12.1 Å². The third kappa shape index (κ3) is 4.98. The Morgan fingerprint density at radius 1 is 1.40 bits per heavy atom. The van der Waals surface area contributed by atoms with Gasteiger partial charge in [-0.25, -0.2) is 0 Å². The molecule has 0 amide bonds. The van der Waals surface area contributed by atoms with Crippen molar-refractivity contribution in [1.82, 2.24) is 5.32 Å². The fraction of sp³-hybridized carbons (Fsp3) is 1.00. The van der Waals surface area contributed by atoms with Crippen molar-refractivity contribution in [3.05, 3.63) is 0 Å². The first-order valence-electron chi connectivity index (χ1n) is 6.59. The molecule has 0 aromatic heterocycles. The standard InChI is InChI=1S/C13H27NO/c1-4-9-14-13(11(2)3)8-7-12-6-5-10-15-12/h11-14H,4-10H2,1-3H3. The zero-order valence-electron chi connectivity index (χ0n) is 10.6. The second-order valence-corrected chi connectivity index (χ2v) is 5.02. The van der Waals surface area contributed by atoms with E-state index >= 15 is 0 Å². The summed E-state index contributed by atoms with van der Waals surface area (Å²) in [5.41, 5.74) is 0. The summed E-state index contributed by atoms with van der Waals surface area (Å²) >= 11 is 0. The Morgan fingerprint density at radius 3 is 2.73 bits per heavy atom. The van der Waals surface area contributed by atoms with Crippen LogP contribution in [0.25, 0.3) is 0 Å². The molecule has 0 bridgehead atoms. The Morgan fingerprint density at radius 2 is 2.20 bits per heavy atom. The summed E-state index contributed by atoms with van der Waals surface area (Å²) < 4.78 is 5.66. The minimum atomic E-state index is 0.551. The summed E-state index contributed by atoms with van der Waals surface area (Å²) in [7, 11) is 0. The van der Waals surface area contributed by atoms with Gasteiger partial charge in [-0.15, -0.1) is 0 Å². The molecule has 1 aliphatic rings. The van der Waals surface area contributed by atoms with E-state index in [1.54, 1.807) is 0 Å². The molecule has 1 heterocycles. The van der Waals surface area contributed by atoms with E-state index in [1.807, 2.05) is 0 Å². The lowest BCUT2D eigenvalue weighted by atomic mass is 9.97. The van der Waals surface area contributed by atoms with Crippen molar-refractivity contribution in [2.45, 2.75) is 65.0 Å². The van der Waals surface area contributed by atoms with Gasteiger partial charge in [-0.3, -0.25) is 0 Å². The first kappa shape index (κ1) is 13.0. The molecule has 2 nitrogen and oxygen atoms in total. The fourth-order valence-corrected chi connectivity index (χ4v) is 2.24. The zero-order chi connectivity index (χ0) is 11.1. The Labute approximate surface area is 94.8 Å². The van der Waals surface area contributed by atoms with Crippen LogP contribution in [0.15, 0.2) is 0 Å². The lowest BCUT2D eigenvalue weighted by molar-refractivity contribution is 0.0978. The van der Waals surface area contributed by atoms with Gasteiger partial charge in [0.15, 0.2) is 0 Å². The molecule has 1 N–H and O–H groups in total. The Bertz CT molecular complexity index is 153.